The molecule has 0 aliphatic heterocycles. The van der Waals surface area contributed by atoms with Gasteiger partial charge in [0.1, 0.15) is 11.5 Å². The topological polar surface area (TPSA) is 71.4 Å². The number of hydrogen-bond donors (Lipinski definition) is 2. The number of nitrogens with one attached hydrogen (secondary N) is 2. The Balaban J connectivity index is 0.00000137. The Morgan fingerprint density at radius 1 is 1.33 bits per heavy atom. The summed E-state index contributed by atoms with van der Waals surface area (Å²) in [5.74, 6) is 1.48. The molecule has 0 bridgehead atoms. The third-order valence-corrected chi connectivity index (χ3v) is 2.11. The molecule has 0 unspecified atom stereocenters. The summed E-state index contributed by atoms with van der Waals surface area (Å²) < 4.78 is 5.12. The van der Waals surface area contributed by atoms with Gasteiger partial charge in [-0.2, -0.15) is 4.98 Å². The predicted octanol–water partition coefficient (Wildman–Crippen LogP) is 2.09. The maximum Gasteiger partial charge on any atom is 0.242 e. The average Bonchev–Trinajstić information content (AvgIpc) is 2.39. The van der Waals surface area contributed by atoms with Gasteiger partial charge in [-0.15, -0.1) is 0 Å². The molecule has 102 valence electrons. The van der Waals surface area contributed by atoms with Crippen LogP contribution in [0.4, 0.5) is 5.69 Å². The lowest BCUT2D eigenvalue weighted by Gasteiger charge is -2.12. The van der Waals surface area contributed by atoms with Crippen LogP contribution in [0, 0.1) is 6.92 Å². The van der Waals surface area contributed by atoms with E-state index >= 15 is 0 Å². The third-order valence-electron chi connectivity index (χ3n) is 1.84. The molecule has 0 spiro atoms. The van der Waals surface area contributed by atoms with Crippen molar-refractivity contribution < 1.29 is 4.74 Å². The Hall–Kier alpha value is -1.56. The molecule has 0 atom stereocenters. The van der Waals surface area contributed by atoms with Crippen molar-refractivity contribution in [1.82, 2.24) is 15.3 Å². The van der Waals surface area contributed by atoms with E-state index in [9.17, 15) is 0 Å². The van der Waals surface area contributed by atoms with E-state index < -0.39 is 0 Å². The molecule has 1 heterocycles. The van der Waals surface area contributed by atoms with Gasteiger partial charge in [-0.05, 0) is 6.92 Å². The van der Waals surface area contributed by atoms with E-state index in [4.69, 9.17) is 16.3 Å². The van der Waals surface area contributed by atoms with Crippen LogP contribution in [0.1, 0.15) is 19.7 Å². The summed E-state index contributed by atoms with van der Waals surface area (Å²) in [6.07, 6.45) is 0. The number of hydrogen-bond acceptors (Lipinski definition) is 4. The molecule has 2 N–H and O–H groups in total. The number of rotatable bonds is 2. The fourth-order valence-electron chi connectivity index (χ4n) is 1.12. The van der Waals surface area contributed by atoms with Crippen LogP contribution in [0.25, 0.3) is 0 Å². The summed E-state index contributed by atoms with van der Waals surface area (Å²) in [7, 11) is 4.91. The van der Waals surface area contributed by atoms with Crippen LogP contribution in [0.5, 0.6) is 5.88 Å². The molecule has 0 aliphatic carbocycles. The molecule has 0 radical (unpaired) electrons. The standard InChI is InChI=1S/C9H14ClN5O.C2H6/c1-5-13-7(10)6(8(14-5)16-4)15-9(11-2)12-3;1-2/h1-4H3,(H2,11,12,15);1-2H3. The number of anilines is 1. The van der Waals surface area contributed by atoms with Crippen LogP contribution in [0.3, 0.4) is 0 Å². The van der Waals surface area contributed by atoms with E-state index in [1.54, 1.807) is 21.0 Å². The lowest BCUT2D eigenvalue weighted by atomic mass is 10.4. The van der Waals surface area contributed by atoms with Gasteiger partial charge in [0.25, 0.3) is 0 Å². The Labute approximate surface area is 113 Å². The smallest absolute Gasteiger partial charge is 0.242 e. The van der Waals surface area contributed by atoms with Crippen LogP contribution in [-0.2, 0) is 0 Å². The summed E-state index contributed by atoms with van der Waals surface area (Å²) in [5.41, 5.74) is 0.490. The minimum absolute atomic E-state index is 0.292. The quantitative estimate of drug-likeness (QED) is 0.490. The predicted molar refractivity (Wildman–Crippen MR) is 75.7 cm³/mol. The molecular formula is C11H20ClN5O. The monoisotopic (exact) mass is 273 g/mol. The van der Waals surface area contributed by atoms with E-state index in [-0.39, 0.29) is 0 Å². The zero-order valence-electron chi connectivity index (χ0n) is 11.6. The summed E-state index contributed by atoms with van der Waals surface area (Å²) in [4.78, 5) is 12.1. The number of halogens is 1. The van der Waals surface area contributed by atoms with Crippen molar-refractivity contribution in [2.75, 3.05) is 26.5 Å². The van der Waals surface area contributed by atoms with Gasteiger partial charge in [-0.3, -0.25) is 4.99 Å². The van der Waals surface area contributed by atoms with E-state index in [1.165, 1.54) is 7.11 Å². The first kappa shape index (κ1) is 16.4. The van der Waals surface area contributed by atoms with Gasteiger partial charge in [0.15, 0.2) is 11.1 Å². The summed E-state index contributed by atoms with van der Waals surface area (Å²) in [6.45, 7) is 5.74. The van der Waals surface area contributed by atoms with Crippen LogP contribution in [0.15, 0.2) is 4.99 Å². The zero-order valence-corrected chi connectivity index (χ0v) is 12.4. The molecule has 1 aromatic heterocycles. The first-order valence-corrected chi connectivity index (χ1v) is 5.99. The highest BCUT2D eigenvalue weighted by Gasteiger charge is 2.13. The Morgan fingerprint density at radius 2 is 1.94 bits per heavy atom. The van der Waals surface area contributed by atoms with Crippen LogP contribution >= 0.6 is 11.6 Å². The number of ether oxygens (including phenoxy) is 1. The number of nitrogens with zero attached hydrogens (tertiary/aromatic N) is 3. The molecule has 0 aliphatic rings. The average molecular weight is 274 g/mol. The van der Waals surface area contributed by atoms with Crippen LogP contribution in [-0.4, -0.2) is 37.1 Å². The molecule has 1 aromatic rings. The van der Waals surface area contributed by atoms with Gasteiger partial charge in [0.05, 0.1) is 7.11 Å². The van der Waals surface area contributed by atoms with Gasteiger partial charge in [-0.25, -0.2) is 4.98 Å². The molecule has 0 saturated carbocycles. The Bertz CT molecular complexity index is 409. The molecule has 7 heteroatoms. The summed E-state index contributed by atoms with van der Waals surface area (Å²) in [6, 6.07) is 0. The van der Waals surface area contributed by atoms with Gasteiger partial charge in [0.2, 0.25) is 5.88 Å². The molecule has 18 heavy (non-hydrogen) atoms. The number of methoxy groups -OCH3 is 1. The second kappa shape index (κ2) is 8.52. The van der Waals surface area contributed by atoms with Gasteiger partial charge < -0.3 is 15.4 Å². The molecule has 6 nitrogen and oxygen atoms in total. The maximum atomic E-state index is 6.00. The number of aliphatic imine (C=N–C) groups is 1. The highest BCUT2D eigenvalue weighted by molar-refractivity contribution is 6.32. The molecule has 0 amide bonds. The fraction of sp³-hybridized carbons (Fsp3) is 0.545. The van der Waals surface area contributed by atoms with Crippen LogP contribution in [0.2, 0.25) is 5.15 Å². The molecule has 0 aromatic carbocycles. The first-order chi connectivity index (χ1) is 8.62. The van der Waals surface area contributed by atoms with Crippen LogP contribution < -0.4 is 15.4 Å². The highest BCUT2D eigenvalue weighted by atomic mass is 35.5. The Kier molecular flexibility index (Phi) is 7.78. The lowest BCUT2D eigenvalue weighted by Crippen LogP contribution is -2.27. The SMILES string of the molecule is CC.CN=C(NC)Nc1c(Cl)nc(C)nc1OC. The van der Waals surface area contributed by atoms with Crippen molar-refractivity contribution in [2.24, 2.45) is 4.99 Å². The van der Waals surface area contributed by atoms with Gasteiger partial charge in [-0.1, -0.05) is 25.4 Å². The third kappa shape index (κ3) is 4.37. The van der Waals surface area contributed by atoms with E-state index in [0.29, 0.717) is 28.5 Å². The largest absolute Gasteiger partial charge is 0.479 e. The normalized spacial score (nSPS) is 10.3. The molecular weight excluding hydrogens is 254 g/mol. The first-order valence-electron chi connectivity index (χ1n) is 5.62. The summed E-state index contributed by atoms with van der Waals surface area (Å²) in [5, 5.41) is 6.11. The molecule has 0 saturated heterocycles. The van der Waals surface area contributed by atoms with Crippen molar-refractivity contribution in [2.45, 2.75) is 20.8 Å². The van der Waals surface area contributed by atoms with Crippen molar-refractivity contribution in [3.05, 3.63) is 11.0 Å². The Morgan fingerprint density at radius 3 is 2.39 bits per heavy atom. The number of aromatic nitrogens is 2. The molecule has 0 fully saturated rings. The minimum Gasteiger partial charge on any atom is -0.479 e. The minimum atomic E-state index is 0.292. The maximum absolute atomic E-state index is 6.00. The van der Waals surface area contributed by atoms with E-state index in [0.717, 1.165) is 0 Å². The van der Waals surface area contributed by atoms with Gasteiger partial charge in [0, 0.05) is 14.1 Å². The van der Waals surface area contributed by atoms with E-state index in [1.807, 2.05) is 13.8 Å². The number of guanidine groups is 1. The van der Waals surface area contributed by atoms with Crippen molar-refractivity contribution in [3.63, 3.8) is 0 Å². The zero-order chi connectivity index (χ0) is 14.1. The number of aryl methyl sites for hydroxylation is 1. The second-order valence-electron chi connectivity index (χ2n) is 2.89. The second-order valence-corrected chi connectivity index (χ2v) is 3.25. The molecule has 1 rings (SSSR count). The lowest BCUT2D eigenvalue weighted by molar-refractivity contribution is 0.398. The highest BCUT2D eigenvalue weighted by Crippen LogP contribution is 2.28. The fourth-order valence-corrected chi connectivity index (χ4v) is 1.37. The summed E-state index contributed by atoms with van der Waals surface area (Å²) >= 11 is 6.00. The van der Waals surface area contributed by atoms with E-state index in [2.05, 4.69) is 25.6 Å². The van der Waals surface area contributed by atoms with Gasteiger partial charge >= 0.3 is 0 Å². The van der Waals surface area contributed by atoms with Crippen molar-refractivity contribution in [1.29, 1.82) is 0 Å². The van der Waals surface area contributed by atoms with Crippen molar-refractivity contribution >= 4 is 23.2 Å². The van der Waals surface area contributed by atoms with Crippen molar-refractivity contribution in [3.8, 4) is 5.88 Å².